The smallest absolute Gasteiger partial charge is 0.268 e. The largest absolute Gasteiger partial charge is 0.495 e. The van der Waals surface area contributed by atoms with E-state index in [0.717, 1.165) is 0 Å². The first-order chi connectivity index (χ1) is 6.91. The summed E-state index contributed by atoms with van der Waals surface area (Å²) >= 11 is 0. The molecule has 1 aromatic rings. The Hall–Kier alpha value is -1.01. The summed E-state index contributed by atoms with van der Waals surface area (Å²) in [6.45, 7) is 0. The Morgan fingerprint density at radius 2 is 1.67 bits per heavy atom. The summed E-state index contributed by atoms with van der Waals surface area (Å²) in [5, 5.41) is 0. The van der Waals surface area contributed by atoms with E-state index in [1.165, 1.54) is 26.4 Å². The van der Waals surface area contributed by atoms with Gasteiger partial charge in [-0.2, -0.15) is 0 Å². The van der Waals surface area contributed by atoms with Crippen LogP contribution in [0.4, 0.5) is 4.39 Å². The second-order valence-corrected chi connectivity index (χ2v) is 5.05. The van der Waals surface area contributed by atoms with Gasteiger partial charge in [0.2, 0.25) is 0 Å². The summed E-state index contributed by atoms with van der Waals surface area (Å²) in [7, 11) is 3.29. The van der Waals surface area contributed by atoms with Crippen LogP contribution in [0.2, 0.25) is 0 Å². The number of rotatable bonds is 3. The van der Waals surface area contributed by atoms with Crippen molar-refractivity contribution in [1.29, 1.82) is 0 Å². The lowest BCUT2D eigenvalue weighted by Gasteiger charge is -2.09. The molecule has 0 heterocycles. The van der Waals surface area contributed by atoms with E-state index in [0.29, 0.717) is 0 Å². The van der Waals surface area contributed by atoms with E-state index in [9.17, 15) is 12.8 Å². The van der Waals surface area contributed by atoms with E-state index in [-0.39, 0.29) is 11.5 Å². The fourth-order valence-corrected chi connectivity index (χ4v) is 2.20. The molecule has 7 heteroatoms. The first-order valence-corrected chi connectivity index (χ1v) is 6.08. The summed E-state index contributed by atoms with van der Waals surface area (Å²) in [6.07, 6.45) is 0. The fraction of sp³-hybridized carbons (Fsp3) is 0.250. The highest BCUT2D eigenvalue weighted by Crippen LogP contribution is 2.34. The Balaban J connectivity index is 3.58. The van der Waals surface area contributed by atoms with Gasteiger partial charge in [-0.3, -0.25) is 0 Å². The third-order valence-corrected chi connectivity index (χ3v) is 3.04. The van der Waals surface area contributed by atoms with E-state index in [1.807, 2.05) is 0 Å². The van der Waals surface area contributed by atoms with E-state index in [1.54, 1.807) is 0 Å². The lowest BCUT2D eigenvalue weighted by Crippen LogP contribution is -2.02. The van der Waals surface area contributed by atoms with Gasteiger partial charge in [-0.05, 0) is 12.1 Å². The standard InChI is InChI=1S/C8H8ClFO4S/c1-13-5-3-4-6(14-2)8(7(5)10)15(9,11)12/h3-4H,1-2H3. The van der Waals surface area contributed by atoms with Gasteiger partial charge < -0.3 is 9.47 Å². The number of halogens is 2. The van der Waals surface area contributed by atoms with Crippen molar-refractivity contribution in [3.05, 3.63) is 17.9 Å². The van der Waals surface area contributed by atoms with Crippen molar-refractivity contribution < 1.29 is 22.3 Å². The highest BCUT2D eigenvalue weighted by molar-refractivity contribution is 8.13. The third kappa shape index (κ3) is 2.32. The molecule has 0 fully saturated rings. The highest BCUT2D eigenvalue weighted by atomic mass is 35.7. The molecular formula is C8H8ClFO4S. The Morgan fingerprint density at radius 1 is 1.20 bits per heavy atom. The normalized spacial score (nSPS) is 11.2. The van der Waals surface area contributed by atoms with Crippen molar-refractivity contribution in [1.82, 2.24) is 0 Å². The summed E-state index contributed by atoms with van der Waals surface area (Å²) in [4.78, 5) is -0.717. The number of benzene rings is 1. The van der Waals surface area contributed by atoms with Crippen molar-refractivity contribution in [2.45, 2.75) is 4.90 Å². The topological polar surface area (TPSA) is 52.6 Å². The first-order valence-electron chi connectivity index (χ1n) is 3.77. The molecule has 0 aliphatic rings. The quantitative estimate of drug-likeness (QED) is 0.772. The molecule has 1 rings (SSSR count). The molecule has 0 radical (unpaired) electrons. The van der Waals surface area contributed by atoms with E-state index >= 15 is 0 Å². The van der Waals surface area contributed by atoms with Crippen molar-refractivity contribution in [2.24, 2.45) is 0 Å². The van der Waals surface area contributed by atoms with Crippen molar-refractivity contribution in [2.75, 3.05) is 14.2 Å². The molecule has 0 aliphatic carbocycles. The monoisotopic (exact) mass is 254 g/mol. The number of hydrogen-bond donors (Lipinski definition) is 0. The van der Waals surface area contributed by atoms with Crippen LogP contribution in [0.3, 0.4) is 0 Å². The van der Waals surface area contributed by atoms with Gasteiger partial charge in [0.25, 0.3) is 9.05 Å². The predicted octanol–water partition coefficient (Wildman–Crippen LogP) is 1.77. The summed E-state index contributed by atoms with van der Waals surface area (Å²) in [5.74, 6) is -1.44. The second kappa shape index (κ2) is 4.24. The molecule has 0 bridgehead atoms. The molecule has 0 atom stereocenters. The first kappa shape index (κ1) is 12.1. The summed E-state index contributed by atoms with van der Waals surface area (Å²) < 4.78 is 45.1. The van der Waals surface area contributed by atoms with Crippen LogP contribution >= 0.6 is 10.7 Å². The van der Waals surface area contributed by atoms with Gasteiger partial charge in [-0.1, -0.05) is 0 Å². The zero-order valence-corrected chi connectivity index (χ0v) is 9.52. The van der Waals surface area contributed by atoms with E-state index in [2.05, 4.69) is 4.74 Å². The van der Waals surface area contributed by atoms with Gasteiger partial charge in [-0.25, -0.2) is 12.8 Å². The van der Waals surface area contributed by atoms with Gasteiger partial charge in [0, 0.05) is 10.7 Å². The average molecular weight is 255 g/mol. The van der Waals surface area contributed by atoms with Crippen LogP contribution in [0.1, 0.15) is 0 Å². The number of ether oxygens (including phenoxy) is 2. The zero-order valence-electron chi connectivity index (χ0n) is 7.95. The third-order valence-electron chi connectivity index (χ3n) is 1.71. The molecule has 15 heavy (non-hydrogen) atoms. The Bertz CT molecular complexity index is 472. The Morgan fingerprint density at radius 3 is 2.07 bits per heavy atom. The zero-order chi connectivity index (χ0) is 11.6. The molecule has 0 N–H and O–H groups in total. The molecule has 0 saturated heterocycles. The lowest BCUT2D eigenvalue weighted by atomic mass is 10.3. The van der Waals surface area contributed by atoms with Crippen LogP contribution in [0.5, 0.6) is 11.5 Å². The molecule has 1 aromatic carbocycles. The molecule has 0 aliphatic heterocycles. The molecule has 0 aromatic heterocycles. The van der Waals surface area contributed by atoms with Gasteiger partial charge in [0.15, 0.2) is 16.5 Å². The summed E-state index contributed by atoms with van der Waals surface area (Å²) in [5.41, 5.74) is 0. The molecule has 0 spiro atoms. The molecular weight excluding hydrogens is 247 g/mol. The minimum absolute atomic E-state index is 0.164. The van der Waals surface area contributed by atoms with Crippen LogP contribution in [0.25, 0.3) is 0 Å². The van der Waals surface area contributed by atoms with E-state index < -0.39 is 19.8 Å². The fourth-order valence-electron chi connectivity index (χ4n) is 1.07. The van der Waals surface area contributed by atoms with Crippen molar-refractivity contribution >= 4 is 19.7 Å². The van der Waals surface area contributed by atoms with Crippen LogP contribution in [0, 0.1) is 5.82 Å². The maximum absolute atomic E-state index is 13.5. The van der Waals surface area contributed by atoms with Crippen LogP contribution in [-0.4, -0.2) is 22.6 Å². The predicted molar refractivity (Wildman–Crippen MR) is 52.5 cm³/mol. The lowest BCUT2D eigenvalue weighted by molar-refractivity contribution is 0.363. The summed E-state index contributed by atoms with van der Waals surface area (Å²) in [6, 6.07) is 2.51. The molecule has 4 nitrogen and oxygen atoms in total. The second-order valence-electron chi connectivity index (χ2n) is 2.55. The Labute approximate surface area is 91.0 Å². The van der Waals surface area contributed by atoms with Crippen LogP contribution in [-0.2, 0) is 9.05 Å². The molecule has 0 amide bonds. The molecule has 0 saturated carbocycles. The van der Waals surface area contributed by atoms with Gasteiger partial charge in [-0.15, -0.1) is 0 Å². The maximum atomic E-state index is 13.5. The average Bonchev–Trinajstić information content (AvgIpc) is 2.15. The molecule has 0 unspecified atom stereocenters. The van der Waals surface area contributed by atoms with Crippen molar-refractivity contribution in [3.8, 4) is 11.5 Å². The molecule has 84 valence electrons. The number of methoxy groups -OCH3 is 2. The van der Waals surface area contributed by atoms with Gasteiger partial charge in [0.05, 0.1) is 14.2 Å². The highest BCUT2D eigenvalue weighted by Gasteiger charge is 2.25. The van der Waals surface area contributed by atoms with Crippen LogP contribution < -0.4 is 9.47 Å². The Kier molecular flexibility index (Phi) is 3.41. The minimum atomic E-state index is -4.22. The maximum Gasteiger partial charge on any atom is 0.268 e. The van der Waals surface area contributed by atoms with Crippen LogP contribution in [0.15, 0.2) is 17.0 Å². The number of hydrogen-bond acceptors (Lipinski definition) is 4. The SMILES string of the molecule is COc1ccc(OC)c(S(=O)(=O)Cl)c1F. The van der Waals surface area contributed by atoms with Crippen molar-refractivity contribution in [3.63, 3.8) is 0 Å². The minimum Gasteiger partial charge on any atom is -0.495 e. The van der Waals surface area contributed by atoms with Gasteiger partial charge in [0.1, 0.15) is 5.75 Å². The van der Waals surface area contributed by atoms with Gasteiger partial charge >= 0.3 is 0 Å². The van der Waals surface area contributed by atoms with E-state index in [4.69, 9.17) is 15.4 Å².